The maximum absolute atomic E-state index is 11.8. The highest BCUT2D eigenvalue weighted by Crippen LogP contribution is 2.26. The molecule has 6 nitrogen and oxygen atoms in total. The second-order valence-electron chi connectivity index (χ2n) is 5.01. The Labute approximate surface area is 127 Å². The number of amides is 1. The van der Waals surface area contributed by atoms with Crippen LogP contribution in [0.2, 0.25) is 0 Å². The van der Waals surface area contributed by atoms with Crippen molar-refractivity contribution in [1.82, 2.24) is 15.1 Å². The number of rotatable bonds is 5. The van der Waals surface area contributed by atoms with E-state index in [0.717, 1.165) is 22.7 Å². The van der Waals surface area contributed by atoms with Gasteiger partial charge in [-0.25, -0.2) is 0 Å². The Hall–Kier alpha value is -2.76. The predicted molar refractivity (Wildman–Crippen MR) is 80.4 cm³/mol. The lowest BCUT2D eigenvalue weighted by atomic mass is 10.1. The molecule has 0 aliphatic heterocycles. The molecule has 0 bridgehead atoms. The number of nitrogens with zero attached hydrogens (tertiary/aromatic N) is 2. The molecule has 3 aromatic heterocycles. The van der Waals surface area contributed by atoms with Crippen molar-refractivity contribution in [2.45, 2.75) is 20.4 Å². The van der Waals surface area contributed by atoms with Gasteiger partial charge in [-0.15, -0.1) is 0 Å². The van der Waals surface area contributed by atoms with Crippen LogP contribution in [0.3, 0.4) is 0 Å². The Morgan fingerprint density at radius 2 is 2.18 bits per heavy atom. The van der Waals surface area contributed by atoms with E-state index >= 15 is 0 Å². The number of hydrogen-bond donors (Lipinski definition) is 1. The van der Waals surface area contributed by atoms with Crippen molar-refractivity contribution in [3.05, 3.63) is 53.9 Å². The highest BCUT2D eigenvalue weighted by molar-refractivity contribution is 5.93. The zero-order valence-corrected chi connectivity index (χ0v) is 12.5. The van der Waals surface area contributed by atoms with Crippen LogP contribution in [0, 0.1) is 13.8 Å². The van der Waals surface area contributed by atoms with Gasteiger partial charge in [0.2, 0.25) is 0 Å². The standard InChI is InChI=1S/C16H17N3O3/c1-11-15(14-4-3-8-22-14)12(2)19(18-11)7-6-17-16(20)13-5-9-21-10-13/h3-5,8-10H,6-7H2,1-2H3,(H,17,20). The zero-order chi connectivity index (χ0) is 15.5. The predicted octanol–water partition coefficient (Wildman–Crippen LogP) is 2.78. The molecule has 1 N–H and O–H groups in total. The normalized spacial score (nSPS) is 10.8. The van der Waals surface area contributed by atoms with Crippen LogP contribution >= 0.6 is 0 Å². The Morgan fingerprint density at radius 1 is 1.32 bits per heavy atom. The largest absolute Gasteiger partial charge is 0.472 e. The molecule has 0 aliphatic rings. The summed E-state index contributed by atoms with van der Waals surface area (Å²) in [6, 6.07) is 5.41. The molecule has 0 aliphatic carbocycles. The SMILES string of the molecule is Cc1nn(CCNC(=O)c2ccoc2)c(C)c1-c1ccco1. The Balaban J connectivity index is 1.66. The van der Waals surface area contributed by atoms with Gasteiger partial charge in [0.15, 0.2) is 0 Å². The third-order valence-corrected chi connectivity index (χ3v) is 3.54. The maximum Gasteiger partial charge on any atom is 0.254 e. The molecular formula is C16H17N3O3. The van der Waals surface area contributed by atoms with Gasteiger partial charge in [0.1, 0.15) is 12.0 Å². The van der Waals surface area contributed by atoms with Gasteiger partial charge < -0.3 is 14.2 Å². The van der Waals surface area contributed by atoms with Crippen LogP contribution in [0.25, 0.3) is 11.3 Å². The molecule has 0 fully saturated rings. The van der Waals surface area contributed by atoms with Gasteiger partial charge in [0.25, 0.3) is 5.91 Å². The van der Waals surface area contributed by atoms with Crippen LogP contribution in [0.1, 0.15) is 21.7 Å². The Kier molecular flexibility index (Phi) is 3.82. The fraction of sp³-hybridized carbons (Fsp3) is 0.250. The van der Waals surface area contributed by atoms with Crippen LogP contribution in [-0.4, -0.2) is 22.2 Å². The maximum atomic E-state index is 11.8. The molecule has 0 aromatic carbocycles. The molecule has 22 heavy (non-hydrogen) atoms. The molecule has 0 atom stereocenters. The van der Waals surface area contributed by atoms with Gasteiger partial charge in [-0.05, 0) is 32.0 Å². The van der Waals surface area contributed by atoms with Gasteiger partial charge in [-0.2, -0.15) is 5.10 Å². The third kappa shape index (κ3) is 2.67. The lowest BCUT2D eigenvalue weighted by Crippen LogP contribution is -2.27. The second-order valence-corrected chi connectivity index (χ2v) is 5.01. The topological polar surface area (TPSA) is 73.2 Å². The summed E-state index contributed by atoms with van der Waals surface area (Å²) in [4.78, 5) is 11.8. The molecule has 0 radical (unpaired) electrons. The van der Waals surface area contributed by atoms with E-state index in [9.17, 15) is 4.79 Å². The van der Waals surface area contributed by atoms with Crippen LogP contribution in [0.5, 0.6) is 0 Å². The van der Waals surface area contributed by atoms with E-state index in [2.05, 4.69) is 10.4 Å². The minimum absolute atomic E-state index is 0.151. The number of nitrogens with one attached hydrogen (secondary N) is 1. The number of carbonyl (C=O) groups excluding carboxylic acids is 1. The number of hydrogen-bond acceptors (Lipinski definition) is 4. The van der Waals surface area contributed by atoms with Gasteiger partial charge in [-0.3, -0.25) is 9.48 Å². The van der Waals surface area contributed by atoms with Crippen molar-refractivity contribution in [3.8, 4) is 11.3 Å². The average Bonchev–Trinajstić information content (AvgIpc) is 3.22. The number of carbonyl (C=O) groups is 1. The molecule has 3 heterocycles. The van der Waals surface area contributed by atoms with Crippen LogP contribution in [0.4, 0.5) is 0 Å². The van der Waals surface area contributed by atoms with Gasteiger partial charge in [0, 0.05) is 12.2 Å². The molecule has 114 valence electrons. The molecular weight excluding hydrogens is 282 g/mol. The zero-order valence-electron chi connectivity index (χ0n) is 12.5. The van der Waals surface area contributed by atoms with Gasteiger partial charge >= 0.3 is 0 Å². The van der Waals surface area contributed by atoms with E-state index in [4.69, 9.17) is 8.83 Å². The van der Waals surface area contributed by atoms with Crippen LogP contribution in [0.15, 0.2) is 45.8 Å². The molecule has 0 spiro atoms. The summed E-state index contributed by atoms with van der Waals surface area (Å²) in [5, 5.41) is 7.35. The first kappa shape index (κ1) is 14.2. The van der Waals surface area contributed by atoms with E-state index in [0.29, 0.717) is 18.7 Å². The highest BCUT2D eigenvalue weighted by Gasteiger charge is 2.15. The summed E-state index contributed by atoms with van der Waals surface area (Å²) in [5.74, 6) is 0.658. The van der Waals surface area contributed by atoms with Gasteiger partial charge in [-0.1, -0.05) is 0 Å². The van der Waals surface area contributed by atoms with Crippen LogP contribution < -0.4 is 5.32 Å². The molecule has 1 amide bonds. The van der Waals surface area contributed by atoms with Crippen LogP contribution in [-0.2, 0) is 6.54 Å². The summed E-state index contributed by atoms with van der Waals surface area (Å²) in [7, 11) is 0. The minimum atomic E-state index is -0.151. The second kappa shape index (κ2) is 5.93. The first-order chi connectivity index (χ1) is 10.7. The summed E-state index contributed by atoms with van der Waals surface area (Å²) in [6.45, 7) is 5.03. The number of aromatic nitrogens is 2. The van der Waals surface area contributed by atoms with Crippen molar-refractivity contribution in [2.24, 2.45) is 0 Å². The van der Waals surface area contributed by atoms with E-state index in [1.54, 1.807) is 12.3 Å². The summed E-state index contributed by atoms with van der Waals surface area (Å²) < 4.78 is 12.2. The van der Waals surface area contributed by atoms with Crippen molar-refractivity contribution in [1.29, 1.82) is 0 Å². The lowest BCUT2D eigenvalue weighted by Gasteiger charge is -2.06. The fourth-order valence-electron chi connectivity index (χ4n) is 2.46. The molecule has 0 unspecified atom stereocenters. The van der Waals surface area contributed by atoms with E-state index in [1.165, 1.54) is 12.5 Å². The Morgan fingerprint density at radius 3 is 2.86 bits per heavy atom. The molecule has 6 heteroatoms. The molecule has 3 aromatic rings. The minimum Gasteiger partial charge on any atom is -0.472 e. The van der Waals surface area contributed by atoms with E-state index < -0.39 is 0 Å². The quantitative estimate of drug-likeness (QED) is 0.786. The highest BCUT2D eigenvalue weighted by atomic mass is 16.3. The summed E-state index contributed by atoms with van der Waals surface area (Å²) in [6.07, 6.45) is 4.55. The monoisotopic (exact) mass is 299 g/mol. The van der Waals surface area contributed by atoms with E-state index in [-0.39, 0.29) is 5.91 Å². The molecule has 3 rings (SSSR count). The lowest BCUT2D eigenvalue weighted by molar-refractivity contribution is 0.0951. The first-order valence-electron chi connectivity index (χ1n) is 7.05. The van der Waals surface area contributed by atoms with Crippen molar-refractivity contribution >= 4 is 5.91 Å². The van der Waals surface area contributed by atoms with Crippen molar-refractivity contribution in [3.63, 3.8) is 0 Å². The van der Waals surface area contributed by atoms with Crippen molar-refractivity contribution < 1.29 is 13.6 Å². The summed E-state index contributed by atoms with van der Waals surface area (Å²) >= 11 is 0. The van der Waals surface area contributed by atoms with Crippen molar-refractivity contribution in [2.75, 3.05) is 6.54 Å². The third-order valence-electron chi connectivity index (χ3n) is 3.54. The molecule has 0 saturated carbocycles. The number of aryl methyl sites for hydroxylation is 1. The average molecular weight is 299 g/mol. The summed E-state index contributed by atoms with van der Waals surface area (Å²) in [5.41, 5.74) is 3.45. The first-order valence-corrected chi connectivity index (χ1v) is 7.05. The molecule has 0 saturated heterocycles. The number of furan rings is 2. The fourth-order valence-corrected chi connectivity index (χ4v) is 2.46. The van der Waals surface area contributed by atoms with Gasteiger partial charge in [0.05, 0.1) is 35.9 Å². The van der Waals surface area contributed by atoms with E-state index in [1.807, 2.05) is 30.7 Å². The smallest absolute Gasteiger partial charge is 0.254 e. The Bertz CT molecular complexity index is 755.